The summed E-state index contributed by atoms with van der Waals surface area (Å²) in [5.74, 6) is -0.820. The maximum absolute atomic E-state index is 10.8. The Morgan fingerprint density at radius 1 is 1.45 bits per heavy atom. The Bertz CT molecular complexity index is 598. The van der Waals surface area contributed by atoms with E-state index in [0.29, 0.717) is 18.8 Å². The molecule has 0 radical (unpaired) electrons. The van der Waals surface area contributed by atoms with Gasteiger partial charge in [0.05, 0.1) is 24.3 Å². The van der Waals surface area contributed by atoms with E-state index in [1.807, 2.05) is 41.5 Å². The van der Waals surface area contributed by atoms with E-state index in [1.54, 1.807) is 11.3 Å². The standard InChI is InChI=1S/C14H17N3O2S/c1-10-9-20-13(16-10)8-17(7-6-14(18)19)12-5-3-2-4-11(12)15/h2-5,9H,6-8,15H2,1H3,(H,18,19). The van der Waals surface area contributed by atoms with E-state index in [4.69, 9.17) is 10.8 Å². The van der Waals surface area contributed by atoms with Gasteiger partial charge in [0.1, 0.15) is 5.01 Å². The van der Waals surface area contributed by atoms with Crippen LogP contribution in [0.2, 0.25) is 0 Å². The van der Waals surface area contributed by atoms with E-state index in [2.05, 4.69) is 4.98 Å². The smallest absolute Gasteiger partial charge is 0.305 e. The Hall–Kier alpha value is -2.08. The van der Waals surface area contributed by atoms with Gasteiger partial charge in [-0.15, -0.1) is 11.3 Å². The molecule has 1 heterocycles. The molecule has 0 aliphatic carbocycles. The molecule has 0 bridgehead atoms. The maximum Gasteiger partial charge on any atom is 0.305 e. The number of carbonyl (C=O) groups is 1. The summed E-state index contributed by atoms with van der Waals surface area (Å²) in [6.07, 6.45) is 0.0681. The zero-order valence-electron chi connectivity index (χ0n) is 11.2. The molecular weight excluding hydrogens is 274 g/mol. The van der Waals surface area contributed by atoms with Crippen molar-refractivity contribution in [1.82, 2.24) is 4.98 Å². The minimum absolute atomic E-state index is 0.0681. The number of nitrogens with zero attached hydrogens (tertiary/aromatic N) is 2. The van der Waals surface area contributed by atoms with Crippen LogP contribution in [0, 0.1) is 6.92 Å². The molecule has 0 spiro atoms. The molecule has 0 aliphatic heterocycles. The van der Waals surface area contributed by atoms with Crippen LogP contribution < -0.4 is 10.6 Å². The van der Waals surface area contributed by atoms with E-state index < -0.39 is 5.97 Å². The highest BCUT2D eigenvalue weighted by Crippen LogP contribution is 2.25. The number of anilines is 2. The molecule has 106 valence electrons. The van der Waals surface area contributed by atoms with Crippen molar-refractivity contribution in [2.75, 3.05) is 17.2 Å². The Balaban J connectivity index is 2.20. The molecule has 0 unspecified atom stereocenters. The fraction of sp³-hybridized carbons (Fsp3) is 0.286. The Morgan fingerprint density at radius 3 is 2.80 bits per heavy atom. The minimum atomic E-state index is -0.820. The van der Waals surface area contributed by atoms with Crippen LogP contribution in [-0.2, 0) is 11.3 Å². The summed E-state index contributed by atoms with van der Waals surface area (Å²) in [7, 11) is 0. The summed E-state index contributed by atoms with van der Waals surface area (Å²) in [4.78, 5) is 17.2. The van der Waals surface area contributed by atoms with Crippen LogP contribution in [0.4, 0.5) is 11.4 Å². The number of thiazole rings is 1. The lowest BCUT2D eigenvalue weighted by Gasteiger charge is -2.24. The third kappa shape index (κ3) is 3.71. The second kappa shape index (κ2) is 6.38. The summed E-state index contributed by atoms with van der Waals surface area (Å²) in [6, 6.07) is 7.47. The van der Waals surface area contributed by atoms with Crippen LogP contribution >= 0.6 is 11.3 Å². The monoisotopic (exact) mass is 291 g/mol. The number of nitrogens with two attached hydrogens (primary N) is 1. The highest BCUT2D eigenvalue weighted by atomic mass is 32.1. The highest BCUT2D eigenvalue weighted by Gasteiger charge is 2.13. The predicted octanol–water partition coefficient (Wildman–Crippen LogP) is 2.52. The third-order valence-corrected chi connectivity index (χ3v) is 3.82. The normalized spacial score (nSPS) is 10.4. The average Bonchev–Trinajstić information content (AvgIpc) is 2.81. The molecule has 0 saturated heterocycles. The van der Waals surface area contributed by atoms with Gasteiger partial charge in [-0.25, -0.2) is 4.98 Å². The lowest BCUT2D eigenvalue weighted by atomic mass is 10.2. The molecule has 3 N–H and O–H groups in total. The number of benzene rings is 1. The first-order valence-corrected chi connectivity index (χ1v) is 7.16. The van der Waals surface area contributed by atoms with Gasteiger partial charge in [-0.2, -0.15) is 0 Å². The van der Waals surface area contributed by atoms with E-state index in [-0.39, 0.29) is 6.42 Å². The maximum atomic E-state index is 10.8. The second-order valence-electron chi connectivity index (χ2n) is 4.51. The number of hydrogen-bond donors (Lipinski definition) is 2. The van der Waals surface area contributed by atoms with Crippen molar-refractivity contribution in [3.63, 3.8) is 0 Å². The van der Waals surface area contributed by atoms with Crippen LogP contribution in [0.3, 0.4) is 0 Å². The van der Waals surface area contributed by atoms with Gasteiger partial charge in [-0.05, 0) is 19.1 Å². The number of aliphatic carboxylic acids is 1. The zero-order valence-corrected chi connectivity index (χ0v) is 12.1. The third-order valence-electron chi connectivity index (χ3n) is 2.87. The molecular formula is C14H17N3O2S. The van der Waals surface area contributed by atoms with Gasteiger partial charge in [0, 0.05) is 17.6 Å². The van der Waals surface area contributed by atoms with Crippen LogP contribution in [-0.4, -0.2) is 22.6 Å². The van der Waals surface area contributed by atoms with Crippen molar-refractivity contribution in [2.45, 2.75) is 19.9 Å². The molecule has 0 amide bonds. The minimum Gasteiger partial charge on any atom is -0.481 e. The van der Waals surface area contributed by atoms with Crippen molar-refractivity contribution >= 4 is 28.7 Å². The van der Waals surface area contributed by atoms with Crippen molar-refractivity contribution in [3.05, 3.63) is 40.3 Å². The molecule has 2 rings (SSSR count). The van der Waals surface area contributed by atoms with E-state index in [1.165, 1.54) is 0 Å². The summed E-state index contributed by atoms with van der Waals surface area (Å²) in [5.41, 5.74) is 8.45. The van der Waals surface area contributed by atoms with E-state index >= 15 is 0 Å². The second-order valence-corrected chi connectivity index (χ2v) is 5.45. The number of hydrogen-bond acceptors (Lipinski definition) is 5. The lowest BCUT2D eigenvalue weighted by molar-refractivity contribution is -0.136. The number of nitrogen functional groups attached to an aromatic ring is 1. The first-order valence-electron chi connectivity index (χ1n) is 6.28. The number of para-hydroxylation sites is 2. The summed E-state index contributed by atoms with van der Waals surface area (Å²) < 4.78 is 0. The SMILES string of the molecule is Cc1csc(CN(CCC(=O)O)c2ccccc2N)n1. The molecule has 1 aromatic carbocycles. The van der Waals surface area contributed by atoms with Crippen molar-refractivity contribution in [3.8, 4) is 0 Å². The quantitative estimate of drug-likeness (QED) is 0.799. The first kappa shape index (κ1) is 14.3. The molecule has 6 heteroatoms. The topological polar surface area (TPSA) is 79.5 Å². The van der Waals surface area contributed by atoms with Gasteiger partial charge >= 0.3 is 5.97 Å². The predicted molar refractivity (Wildman–Crippen MR) is 81.0 cm³/mol. The number of carboxylic acid groups (broad SMARTS) is 1. The lowest BCUT2D eigenvalue weighted by Crippen LogP contribution is -2.26. The Morgan fingerprint density at radius 2 is 2.20 bits per heavy atom. The average molecular weight is 291 g/mol. The zero-order chi connectivity index (χ0) is 14.5. The van der Waals surface area contributed by atoms with Gasteiger partial charge < -0.3 is 15.7 Å². The van der Waals surface area contributed by atoms with Gasteiger partial charge in [-0.1, -0.05) is 12.1 Å². The Kier molecular flexibility index (Phi) is 4.57. The van der Waals surface area contributed by atoms with Crippen LogP contribution in [0.15, 0.2) is 29.6 Å². The van der Waals surface area contributed by atoms with Crippen LogP contribution in [0.1, 0.15) is 17.1 Å². The largest absolute Gasteiger partial charge is 0.481 e. The van der Waals surface area contributed by atoms with Gasteiger partial charge in [0.15, 0.2) is 0 Å². The number of rotatable bonds is 6. The van der Waals surface area contributed by atoms with Gasteiger partial charge in [0.25, 0.3) is 0 Å². The summed E-state index contributed by atoms with van der Waals surface area (Å²) in [5, 5.41) is 11.8. The summed E-state index contributed by atoms with van der Waals surface area (Å²) >= 11 is 1.57. The van der Waals surface area contributed by atoms with Gasteiger partial charge in [0.2, 0.25) is 0 Å². The molecule has 0 fully saturated rings. The molecule has 1 aromatic heterocycles. The fourth-order valence-electron chi connectivity index (χ4n) is 1.93. The highest BCUT2D eigenvalue weighted by molar-refractivity contribution is 7.09. The molecule has 0 aliphatic rings. The van der Waals surface area contributed by atoms with Crippen molar-refractivity contribution in [2.24, 2.45) is 0 Å². The number of aromatic nitrogens is 1. The van der Waals surface area contributed by atoms with Crippen LogP contribution in [0.25, 0.3) is 0 Å². The van der Waals surface area contributed by atoms with E-state index in [9.17, 15) is 4.79 Å². The summed E-state index contributed by atoms with van der Waals surface area (Å²) in [6.45, 7) is 2.92. The van der Waals surface area contributed by atoms with E-state index in [0.717, 1.165) is 16.4 Å². The molecule has 20 heavy (non-hydrogen) atoms. The molecule has 2 aromatic rings. The molecule has 0 saturated carbocycles. The first-order chi connectivity index (χ1) is 9.56. The number of carboxylic acids is 1. The fourth-order valence-corrected chi connectivity index (χ4v) is 2.72. The number of aryl methyl sites for hydroxylation is 1. The van der Waals surface area contributed by atoms with Crippen LogP contribution in [0.5, 0.6) is 0 Å². The van der Waals surface area contributed by atoms with Crippen molar-refractivity contribution < 1.29 is 9.90 Å². The Labute approximate surface area is 121 Å². The van der Waals surface area contributed by atoms with Crippen molar-refractivity contribution in [1.29, 1.82) is 0 Å². The van der Waals surface area contributed by atoms with Gasteiger partial charge in [-0.3, -0.25) is 4.79 Å². The molecule has 0 atom stereocenters. The molecule has 5 nitrogen and oxygen atoms in total.